The number of nitrogens with zero attached hydrogens (tertiary/aromatic N) is 1. The monoisotopic (exact) mass is 439 g/mol. The standard InChI is InChI=1S/C23H19F6NO/c1-2-3-4-5-14-6-9-21(30-13-14)15-7-8-17(18(24)10-15)23(28,29)31-16-11-19(25)22(27)20(26)12-16/h6-13H,2-5H2,1H3. The number of unbranched alkanes of at least 4 members (excludes halogenated alkanes) is 2. The van der Waals surface area contributed by atoms with Gasteiger partial charge in [-0.2, -0.15) is 8.78 Å². The molecule has 0 spiro atoms. The fraction of sp³-hybridized carbons (Fsp3) is 0.261. The Morgan fingerprint density at radius 2 is 1.58 bits per heavy atom. The Hall–Kier alpha value is -3.03. The number of aromatic nitrogens is 1. The molecule has 0 aliphatic heterocycles. The van der Waals surface area contributed by atoms with E-state index in [2.05, 4.69) is 16.6 Å². The number of rotatable bonds is 8. The van der Waals surface area contributed by atoms with E-state index in [1.807, 2.05) is 6.07 Å². The first-order valence-electron chi connectivity index (χ1n) is 9.68. The van der Waals surface area contributed by atoms with Crippen LogP contribution in [0.4, 0.5) is 26.3 Å². The average Bonchev–Trinajstić information content (AvgIpc) is 2.72. The van der Waals surface area contributed by atoms with Crippen LogP contribution in [0.25, 0.3) is 11.3 Å². The van der Waals surface area contributed by atoms with Crippen LogP contribution in [-0.2, 0) is 12.5 Å². The molecule has 0 bridgehead atoms. The van der Waals surface area contributed by atoms with Crippen LogP contribution in [0, 0.1) is 23.3 Å². The summed E-state index contributed by atoms with van der Waals surface area (Å²) in [5, 5.41) is 0. The summed E-state index contributed by atoms with van der Waals surface area (Å²) in [5.74, 6) is -7.50. The highest BCUT2D eigenvalue weighted by atomic mass is 19.3. The lowest BCUT2D eigenvalue weighted by atomic mass is 10.0. The fourth-order valence-electron chi connectivity index (χ4n) is 3.03. The molecule has 0 N–H and O–H groups in total. The van der Waals surface area contributed by atoms with Crippen LogP contribution in [0.1, 0.15) is 37.3 Å². The Bertz CT molecular complexity index is 1030. The van der Waals surface area contributed by atoms with E-state index < -0.39 is 40.7 Å². The molecule has 3 rings (SSSR count). The Labute approximate surface area is 175 Å². The number of alkyl halides is 2. The van der Waals surface area contributed by atoms with Crippen molar-refractivity contribution < 1.29 is 31.1 Å². The molecule has 0 unspecified atom stereocenters. The molecule has 0 amide bonds. The van der Waals surface area contributed by atoms with Crippen LogP contribution >= 0.6 is 0 Å². The maximum Gasteiger partial charge on any atom is 0.429 e. The van der Waals surface area contributed by atoms with Crippen molar-refractivity contribution in [2.45, 2.75) is 38.7 Å². The molecule has 0 aliphatic carbocycles. The lowest BCUT2D eigenvalue weighted by Gasteiger charge is -2.19. The van der Waals surface area contributed by atoms with Crippen molar-refractivity contribution in [3.05, 3.63) is 83.1 Å². The van der Waals surface area contributed by atoms with Crippen LogP contribution < -0.4 is 4.74 Å². The van der Waals surface area contributed by atoms with Gasteiger partial charge in [0, 0.05) is 23.9 Å². The van der Waals surface area contributed by atoms with Gasteiger partial charge in [-0.25, -0.2) is 17.6 Å². The van der Waals surface area contributed by atoms with E-state index in [0.29, 0.717) is 5.69 Å². The second-order valence-corrected chi connectivity index (χ2v) is 7.02. The van der Waals surface area contributed by atoms with Gasteiger partial charge in [0.1, 0.15) is 11.6 Å². The van der Waals surface area contributed by atoms with E-state index in [9.17, 15) is 26.3 Å². The molecule has 1 aromatic heterocycles. The molecule has 0 fully saturated rings. The summed E-state index contributed by atoms with van der Waals surface area (Å²) in [5.41, 5.74) is 0.554. The molecule has 1 heterocycles. The number of hydrogen-bond acceptors (Lipinski definition) is 2. The van der Waals surface area contributed by atoms with Crippen LogP contribution in [0.5, 0.6) is 5.75 Å². The molecule has 31 heavy (non-hydrogen) atoms. The van der Waals surface area contributed by atoms with Gasteiger partial charge in [-0.15, -0.1) is 0 Å². The smallest absolute Gasteiger partial charge is 0.429 e. The third kappa shape index (κ3) is 5.37. The normalized spacial score (nSPS) is 11.6. The van der Waals surface area contributed by atoms with E-state index in [4.69, 9.17) is 0 Å². The van der Waals surface area contributed by atoms with Crippen molar-refractivity contribution >= 4 is 0 Å². The summed E-state index contributed by atoms with van der Waals surface area (Å²) in [6, 6.07) is 6.94. The number of benzene rings is 2. The van der Waals surface area contributed by atoms with Crippen LogP contribution in [-0.4, -0.2) is 4.98 Å². The SMILES string of the molecule is CCCCCc1ccc(-c2ccc(C(F)(F)Oc3cc(F)c(F)c(F)c3)c(F)c2)nc1. The maximum absolute atomic E-state index is 14.4. The number of pyridine rings is 1. The first-order valence-corrected chi connectivity index (χ1v) is 9.68. The van der Waals surface area contributed by atoms with Crippen molar-refractivity contribution in [1.82, 2.24) is 4.98 Å². The summed E-state index contributed by atoms with van der Waals surface area (Å²) < 4.78 is 86.9. The van der Waals surface area contributed by atoms with E-state index in [1.54, 1.807) is 12.3 Å². The van der Waals surface area contributed by atoms with Gasteiger partial charge >= 0.3 is 6.11 Å². The van der Waals surface area contributed by atoms with Gasteiger partial charge in [-0.3, -0.25) is 4.98 Å². The summed E-state index contributed by atoms with van der Waals surface area (Å²) in [7, 11) is 0. The fourth-order valence-corrected chi connectivity index (χ4v) is 3.03. The minimum absolute atomic E-state index is 0.255. The molecule has 3 aromatic rings. The van der Waals surface area contributed by atoms with Crippen molar-refractivity contribution in [2.75, 3.05) is 0 Å². The highest BCUT2D eigenvalue weighted by Crippen LogP contribution is 2.35. The minimum Gasteiger partial charge on any atom is -0.429 e. The summed E-state index contributed by atoms with van der Waals surface area (Å²) >= 11 is 0. The van der Waals surface area contributed by atoms with E-state index in [0.717, 1.165) is 43.4 Å². The van der Waals surface area contributed by atoms with Crippen molar-refractivity contribution in [3.8, 4) is 17.0 Å². The Morgan fingerprint density at radius 3 is 2.16 bits per heavy atom. The Morgan fingerprint density at radius 1 is 0.871 bits per heavy atom. The van der Waals surface area contributed by atoms with Gasteiger partial charge in [-0.05, 0) is 36.6 Å². The molecule has 8 heteroatoms. The number of aryl methyl sites for hydroxylation is 1. The van der Waals surface area contributed by atoms with Crippen molar-refractivity contribution in [1.29, 1.82) is 0 Å². The molecule has 0 saturated heterocycles. The predicted molar refractivity (Wildman–Crippen MR) is 104 cm³/mol. The van der Waals surface area contributed by atoms with Crippen molar-refractivity contribution in [3.63, 3.8) is 0 Å². The predicted octanol–water partition coefficient (Wildman–Crippen LogP) is 7.17. The molecule has 0 saturated carbocycles. The molecule has 164 valence electrons. The van der Waals surface area contributed by atoms with E-state index >= 15 is 0 Å². The molecule has 0 atom stereocenters. The zero-order chi connectivity index (χ0) is 22.6. The van der Waals surface area contributed by atoms with Gasteiger partial charge in [0.15, 0.2) is 17.5 Å². The molecular weight excluding hydrogens is 420 g/mol. The highest BCUT2D eigenvalue weighted by molar-refractivity contribution is 5.60. The molecule has 2 aromatic carbocycles. The molecule has 0 aliphatic rings. The van der Waals surface area contributed by atoms with Crippen LogP contribution in [0.2, 0.25) is 0 Å². The quantitative estimate of drug-likeness (QED) is 0.211. The van der Waals surface area contributed by atoms with E-state index in [-0.39, 0.29) is 17.7 Å². The third-order valence-corrected chi connectivity index (χ3v) is 4.68. The second-order valence-electron chi connectivity index (χ2n) is 7.02. The average molecular weight is 439 g/mol. The van der Waals surface area contributed by atoms with Gasteiger partial charge in [0.2, 0.25) is 0 Å². The number of ether oxygens (including phenoxy) is 1. The lowest BCUT2D eigenvalue weighted by Crippen LogP contribution is -2.23. The number of hydrogen-bond donors (Lipinski definition) is 0. The lowest BCUT2D eigenvalue weighted by molar-refractivity contribution is -0.187. The topological polar surface area (TPSA) is 22.1 Å². The van der Waals surface area contributed by atoms with Crippen LogP contribution in [0.15, 0.2) is 48.7 Å². The van der Waals surface area contributed by atoms with Crippen molar-refractivity contribution in [2.24, 2.45) is 0 Å². The minimum atomic E-state index is -4.25. The second kappa shape index (κ2) is 9.41. The largest absolute Gasteiger partial charge is 0.429 e. The summed E-state index contributed by atoms with van der Waals surface area (Å²) in [6.45, 7) is 2.10. The zero-order valence-electron chi connectivity index (χ0n) is 16.6. The first kappa shape index (κ1) is 22.7. The Kier molecular flexibility index (Phi) is 6.87. The summed E-state index contributed by atoms with van der Waals surface area (Å²) in [6.07, 6.45) is 1.49. The summed E-state index contributed by atoms with van der Waals surface area (Å²) in [4.78, 5) is 4.25. The third-order valence-electron chi connectivity index (χ3n) is 4.68. The van der Waals surface area contributed by atoms with Gasteiger partial charge in [0.05, 0.1) is 11.3 Å². The van der Waals surface area contributed by atoms with E-state index in [1.165, 1.54) is 6.07 Å². The molecule has 0 radical (unpaired) electrons. The van der Waals surface area contributed by atoms with Gasteiger partial charge < -0.3 is 4.74 Å². The van der Waals surface area contributed by atoms with Crippen LogP contribution in [0.3, 0.4) is 0 Å². The first-order chi connectivity index (χ1) is 14.7. The Balaban J connectivity index is 1.79. The number of halogens is 6. The molecule has 2 nitrogen and oxygen atoms in total. The highest BCUT2D eigenvalue weighted by Gasteiger charge is 2.38. The van der Waals surface area contributed by atoms with Gasteiger partial charge in [-0.1, -0.05) is 31.9 Å². The molecular formula is C23H19F6NO. The maximum atomic E-state index is 14.4. The van der Waals surface area contributed by atoms with Gasteiger partial charge in [0.25, 0.3) is 0 Å². The zero-order valence-corrected chi connectivity index (χ0v) is 16.6.